The fourth-order valence-corrected chi connectivity index (χ4v) is 1.48. The van der Waals surface area contributed by atoms with Gasteiger partial charge in [0.15, 0.2) is 0 Å². The summed E-state index contributed by atoms with van der Waals surface area (Å²) in [5.41, 5.74) is 1.76. The van der Waals surface area contributed by atoms with Crippen molar-refractivity contribution in [2.24, 2.45) is 0 Å². The van der Waals surface area contributed by atoms with Gasteiger partial charge in [0.1, 0.15) is 17.9 Å². The first kappa shape index (κ1) is 13.0. The van der Waals surface area contributed by atoms with Crippen LogP contribution in [0.25, 0.3) is 0 Å². The monoisotopic (exact) mass is 257 g/mol. The van der Waals surface area contributed by atoms with E-state index in [1.54, 1.807) is 19.1 Å². The van der Waals surface area contributed by atoms with Crippen molar-refractivity contribution in [2.75, 3.05) is 5.32 Å². The minimum Gasteiger partial charge on any atom is -0.427 e. The maximum atomic E-state index is 11.1. The van der Waals surface area contributed by atoms with E-state index in [0.717, 1.165) is 17.2 Å². The molecule has 0 atom stereocenters. The number of hydrogen-bond acceptors (Lipinski definition) is 5. The first-order valence-electron chi connectivity index (χ1n) is 6.04. The van der Waals surface area contributed by atoms with Gasteiger partial charge in [-0.25, -0.2) is 9.97 Å². The number of hydrogen-bond donors (Lipinski definition) is 1. The Bertz CT molecular complexity index is 567. The third-order valence-electron chi connectivity index (χ3n) is 2.45. The zero-order valence-electron chi connectivity index (χ0n) is 10.9. The molecule has 19 heavy (non-hydrogen) atoms. The summed E-state index contributed by atoms with van der Waals surface area (Å²) in [6, 6.07) is 8.99. The van der Waals surface area contributed by atoms with Crippen LogP contribution in [0.2, 0.25) is 0 Å². The second-order valence-electron chi connectivity index (χ2n) is 4.02. The van der Waals surface area contributed by atoms with Crippen LogP contribution in [-0.2, 0) is 4.79 Å². The number of anilines is 2. The van der Waals surface area contributed by atoms with E-state index in [2.05, 4.69) is 15.3 Å². The van der Waals surface area contributed by atoms with Crippen LogP contribution in [-0.4, -0.2) is 15.9 Å². The molecule has 1 N–H and O–H groups in total. The summed E-state index contributed by atoms with van der Waals surface area (Å²) in [5.74, 6) is 1.02. The lowest BCUT2D eigenvalue weighted by molar-refractivity contribution is -0.134. The smallest absolute Gasteiger partial charge is 0.310 e. The Balaban J connectivity index is 2.04. The summed E-state index contributed by atoms with van der Waals surface area (Å²) in [7, 11) is 0. The molecule has 2 rings (SSSR count). The topological polar surface area (TPSA) is 64.1 Å². The molecule has 0 saturated carbocycles. The molecule has 2 aromatic rings. The average Bonchev–Trinajstić information content (AvgIpc) is 2.41. The Morgan fingerprint density at radius 3 is 2.63 bits per heavy atom. The van der Waals surface area contributed by atoms with Gasteiger partial charge in [-0.1, -0.05) is 6.92 Å². The number of aromatic nitrogens is 2. The van der Waals surface area contributed by atoms with Gasteiger partial charge >= 0.3 is 5.97 Å². The fourth-order valence-electron chi connectivity index (χ4n) is 1.48. The highest BCUT2D eigenvalue weighted by atomic mass is 16.5. The number of aryl methyl sites for hydroxylation is 1. The van der Waals surface area contributed by atoms with Crippen LogP contribution in [0, 0.1) is 6.92 Å². The Morgan fingerprint density at radius 1 is 1.26 bits per heavy atom. The number of benzene rings is 1. The highest BCUT2D eigenvalue weighted by molar-refractivity contribution is 5.72. The van der Waals surface area contributed by atoms with E-state index in [4.69, 9.17) is 4.74 Å². The maximum Gasteiger partial charge on any atom is 0.310 e. The Hall–Kier alpha value is -2.43. The van der Waals surface area contributed by atoms with Crippen LogP contribution in [0.3, 0.4) is 0 Å². The van der Waals surface area contributed by atoms with Crippen molar-refractivity contribution in [3.8, 4) is 5.75 Å². The van der Waals surface area contributed by atoms with Crippen molar-refractivity contribution >= 4 is 17.5 Å². The number of ether oxygens (including phenoxy) is 1. The van der Waals surface area contributed by atoms with Crippen LogP contribution < -0.4 is 10.1 Å². The molecule has 0 bridgehead atoms. The van der Waals surface area contributed by atoms with Gasteiger partial charge in [-0.05, 0) is 31.2 Å². The van der Waals surface area contributed by atoms with Crippen molar-refractivity contribution < 1.29 is 9.53 Å². The Kier molecular flexibility index (Phi) is 4.07. The SMILES string of the molecule is CCC(=O)Oc1ccc(Nc2cc(C)ncn2)cc1. The zero-order valence-corrected chi connectivity index (χ0v) is 10.9. The standard InChI is InChI=1S/C14H15N3O2/c1-3-14(18)19-12-6-4-11(5-7-12)17-13-8-10(2)15-9-16-13/h4-9H,3H2,1-2H3,(H,15,16,17). The number of rotatable bonds is 4. The molecule has 0 radical (unpaired) electrons. The molecule has 5 heteroatoms. The van der Waals surface area contributed by atoms with E-state index < -0.39 is 0 Å². The lowest BCUT2D eigenvalue weighted by Crippen LogP contribution is -2.05. The van der Waals surface area contributed by atoms with E-state index in [0.29, 0.717) is 12.2 Å². The van der Waals surface area contributed by atoms with Gasteiger partial charge in [0.25, 0.3) is 0 Å². The fraction of sp³-hybridized carbons (Fsp3) is 0.214. The van der Waals surface area contributed by atoms with Crippen molar-refractivity contribution in [1.82, 2.24) is 9.97 Å². The van der Waals surface area contributed by atoms with Gasteiger partial charge in [-0.3, -0.25) is 4.79 Å². The van der Waals surface area contributed by atoms with Crippen LogP contribution in [0.5, 0.6) is 5.75 Å². The number of carbonyl (C=O) groups is 1. The van der Waals surface area contributed by atoms with Crippen LogP contribution in [0.15, 0.2) is 36.7 Å². The summed E-state index contributed by atoms with van der Waals surface area (Å²) < 4.78 is 5.10. The lowest BCUT2D eigenvalue weighted by Gasteiger charge is -2.07. The molecule has 5 nitrogen and oxygen atoms in total. The minimum atomic E-state index is -0.243. The van der Waals surface area contributed by atoms with Gasteiger partial charge < -0.3 is 10.1 Å². The van der Waals surface area contributed by atoms with Crippen LogP contribution in [0.4, 0.5) is 11.5 Å². The van der Waals surface area contributed by atoms with Gasteiger partial charge in [0, 0.05) is 23.9 Å². The summed E-state index contributed by atoms with van der Waals surface area (Å²) in [4.78, 5) is 19.3. The Labute approximate surface area is 111 Å². The summed E-state index contributed by atoms with van der Waals surface area (Å²) in [6.45, 7) is 3.66. The molecule has 98 valence electrons. The van der Waals surface area contributed by atoms with Crippen molar-refractivity contribution in [1.29, 1.82) is 0 Å². The van der Waals surface area contributed by atoms with Gasteiger partial charge in [0.2, 0.25) is 0 Å². The number of carbonyl (C=O) groups excluding carboxylic acids is 1. The second kappa shape index (κ2) is 5.95. The first-order valence-corrected chi connectivity index (χ1v) is 6.04. The minimum absolute atomic E-state index is 0.243. The van der Waals surface area contributed by atoms with Gasteiger partial charge in [-0.15, -0.1) is 0 Å². The molecule has 0 spiro atoms. The zero-order chi connectivity index (χ0) is 13.7. The molecule has 0 fully saturated rings. The quantitative estimate of drug-likeness (QED) is 0.674. The van der Waals surface area contributed by atoms with Crippen molar-refractivity contribution in [3.63, 3.8) is 0 Å². The van der Waals surface area contributed by atoms with Crippen molar-refractivity contribution in [3.05, 3.63) is 42.4 Å². The molecular formula is C14H15N3O2. The molecule has 1 aromatic heterocycles. The highest BCUT2D eigenvalue weighted by Crippen LogP contribution is 2.19. The van der Waals surface area contributed by atoms with Crippen LogP contribution >= 0.6 is 0 Å². The largest absolute Gasteiger partial charge is 0.427 e. The molecule has 1 heterocycles. The van der Waals surface area contributed by atoms with Gasteiger partial charge in [0.05, 0.1) is 0 Å². The average molecular weight is 257 g/mol. The number of nitrogens with one attached hydrogen (secondary N) is 1. The van der Waals surface area contributed by atoms with E-state index >= 15 is 0 Å². The summed E-state index contributed by atoms with van der Waals surface area (Å²) in [6.07, 6.45) is 1.87. The molecule has 0 saturated heterocycles. The van der Waals surface area contributed by atoms with Crippen LogP contribution in [0.1, 0.15) is 19.0 Å². The molecule has 1 aromatic carbocycles. The molecule has 0 aliphatic rings. The van der Waals surface area contributed by atoms with E-state index in [1.165, 1.54) is 6.33 Å². The molecule has 0 aliphatic heterocycles. The second-order valence-corrected chi connectivity index (χ2v) is 4.02. The molecule has 0 amide bonds. The van der Waals surface area contributed by atoms with E-state index in [1.807, 2.05) is 25.1 Å². The molecule has 0 unspecified atom stereocenters. The normalized spacial score (nSPS) is 10.0. The molecular weight excluding hydrogens is 242 g/mol. The number of esters is 1. The summed E-state index contributed by atoms with van der Waals surface area (Å²) in [5, 5.41) is 3.15. The number of nitrogens with zero attached hydrogens (tertiary/aromatic N) is 2. The maximum absolute atomic E-state index is 11.1. The first-order chi connectivity index (χ1) is 9.17. The van der Waals surface area contributed by atoms with E-state index in [9.17, 15) is 4.79 Å². The van der Waals surface area contributed by atoms with Gasteiger partial charge in [-0.2, -0.15) is 0 Å². The third kappa shape index (κ3) is 3.77. The predicted molar refractivity (Wildman–Crippen MR) is 72.4 cm³/mol. The third-order valence-corrected chi connectivity index (χ3v) is 2.45. The molecule has 0 aliphatic carbocycles. The van der Waals surface area contributed by atoms with E-state index in [-0.39, 0.29) is 5.97 Å². The lowest BCUT2D eigenvalue weighted by atomic mass is 10.3. The predicted octanol–water partition coefficient (Wildman–Crippen LogP) is 2.84. The summed E-state index contributed by atoms with van der Waals surface area (Å²) >= 11 is 0. The highest BCUT2D eigenvalue weighted by Gasteiger charge is 2.02. The van der Waals surface area contributed by atoms with Crippen molar-refractivity contribution in [2.45, 2.75) is 20.3 Å². The Morgan fingerprint density at radius 2 is 2.00 bits per heavy atom.